The van der Waals surface area contributed by atoms with Crippen molar-refractivity contribution < 1.29 is 23.1 Å². The van der Waals surface area contributed by atoms with Crippen molar-refractivity contribution in [3.05, 3.63) is 137 Å². The summed E-state index contributed by atoms with van der Waals surface area (Å²) < 4.78 is 31.2. The van der Waals surface area contributed by atoms with Crippen molar-refractivity contribution >= 4 is 33.8 Å². The molecule has 0 aliphatic heterocycles. The number of carbonyl (C=O) groups is 2. The van der Waals surface area contributed by atoms with E-state index >= 15 is 0 Å². The molecule has 0 aliphatic carbocycles. The van der Waals surface area contributed by atoms with E-state index in [-0.39, 0.29) is 16.5 Å². The Morgan fingerprint density at radius 2 is 1.45 bits per heavy atom. The lowest BCUT2D eigenvalue weighted by Gasteiger charge is -2.20. The number of benzene rings is 4. The van der Waals surface area contributed by atoms with E-state index in [1.807, 2.05) is 92.9 Å². The fraction of sp³-hybridized carbons (Fsp3) is 0.194. The largest absolute Gasteiger partial charge is 0.476 e. The van der Waals surface area contributed by atoms with Gasteiger partial charge in [-0.25, -0.2) is 27.7 Å². The van der Waals surface area contributed by atoms with Crippen LogP contribution in [0.1, 0.15) is 65.2 Å². The second-order valence-electron chi connectivity index (χ2n) is 11.1. The Morgan fingerprint density at radius 3 is 2.00 bits per heavy atom. The summed E-state index contributed by atoms with van der Waals surface area (Å²) in [6, 6.07) is 31.0. The number of carbonyl (C=O) groups excluding carboxylic acids is 1. The molecule has 5 rings (SSSR count). The molecule has 2 amide bonds. The summed E-state index contributed by atoms with van der Waals surface area (Å²) in [7, 11) is -4.28. The highest BCUT2D eigenvalue weighted by Crippen LogP contribution is 2.31. The molecule has 0 fully saturated rings. The monoisotopic (exact) mass is 668 g/mol. The molecule has 3 N–H and O–H groups in total. The number of sulfonamides is 1. The van der Waals surface area contributed by atoms with Gasteiger partial charge in [0.2, 0.25) is 0 Å². The quantitative estimate of drug-likeness (QED) is 0.119. The van der Waals surface area contributed by atoms with Gasteiger partial charge in [0.25, 0.3) is 10.0 Å². The fourth-order valence-electron chi connectivity index (χ4n) is 5.41. The summed E-state index contributed by atoms with van der Waals surface area (Å²) in [4.78, 5) is 30.0. The summed E-state index contributed by atoms with van der Waals surface area (Å²) >= 11 is 1.30. The van der Waals surface area contributed by atoms with Gasteiger partial charge in [0.05, 0.1) is 10.9 Å². The van der Waals surface area contributed by atoms with Crippen molar-refractivity contribution in [3.8, 4) is 11.1 Å². The fourth-order valence-corrected chi connectivity index (χ4v) is 7.14. The topological polar surface area (TPSA) is 130 Å². The minimum absolute atomic E-state index is 0.0506. The number of hydrogen-bond donors (Lipinski definition) is 3. The molecule has 47 heavy (non-hydrogen) atoms. The number of carboxylic acid groups (broad SMARTS) is 1. The Hall–Kier alpha value is -4.87. The third-order valence-electron chi connectivity index (χ3n) is 7.96. The first-order valence-electron chi connectivity index (χ1n) is 15.1. The predicted molar refractivity (Wildman–Crippen MR) is 184 cm³/mol. The highest BCUT2D eigenvalue weighted by atomic mass is 32.2. The third-order valence-corrected chi connectivity index (χ3v) is 10.0. The van der Waals surface area contributed by atoms with E-state index in [0.717, 1.165) is 23.1 Å². The number of nitrogens with one attached hydrogen (secondary N) is 2. The molecule has 242 valence electrons. The molecule has 4 aromatic carbocycles. The van der Waals surface area contributed by atoms with Gasteiger partial charge in [0.15, 0.2) is 5.69 Å². The van der Waals surface area contributed by atoms with Gasteiger partial charge in [-0.1, -0.05) is 117 Å². The second-order valence-corrected chi connectivity index (χ2v) is 13.5. The van der Waals surface area contributed by atoms with Crippen LogP contribution in [0.2, 0.25) is 0 Å². The zero-order chi connectivity index (χ0) is 33.6. The van der Waals surface area contributed by atoms with Gasteiger partial charge in [-0.2, -0.15) is 0 Å². The molecular formula is C36H36N4O5S2. The molecular weight excluding hydrogens is 633 g/mol. The average molecular weight is 669 g/mol. The lowest BCUT2D eigenvalue weighted by molar-refractivity contribution is 0.0681. The van der Waals surface area contributed by atoms with Gasteiger partial charge in [0.1, 0.15) is 10.9 Å². The first-order chi connectivity index (χ1) is 22.6. The van der Waals surface area contributed by atoms with Crippen LogP contribution in [0.25, 0.3) is 11.1 Å². The van der Waals surface area contributed by atoms with Crippen molar-refractivity contribution in [1.29, 1.82) is 0 Å². The van der Waals surface area contributed by atoms with E-state index in [4.69, 9.17) is 0 Å². The van der Waals surface area contributed by atoms with Gasteiger partial charge in [0, 0.05) is 18.0 Å². The Kier molecular flexibility index (Phi) is 10.5. The molecule has 0 saturated heterocycles. The van der Waals surface area contributed by atoms with E-state index in [1.54, 1.807) is 34.9 Å². The van der Waals surface area contributed by atoms with Crippen LogP contribution in [0.3, 0.4) is 0 Å². The van der Waals surface area contributed by atoms with E-state index < -0.39 is 28.1 Å². The van der Waals surface area contributed by atoms with Gasteiger partial charge < -0.3 is 15.0 Å². The van der Waals surface area contributed by atoms with E-state index in [2.05, 4.69) is 15.0 Å². The summed E-state index contributed by atoms with van der Waals surface area (Å²) in [5.41, 5.74) is 3.63. The molecule has 0 bridgehead atoms. The maximum absolute atomic E-state index is 13.6. The predicted octanol–water partition coefficient (Wildman–Crippen LogP) is 7.31. The van der Waals surface area contributed by atoms with Crippen LogP contribution in [-0.2, 0) is 16.6 Å². The maximum atomic E-state index is 13.6. The van der Waals surface area contributed by atoms with E-state index in [0.29, 0.717) is 28.5 Å². The number of hydrogen-bond acceptors (Lipinski definition) is 6. The molecule has 1 atom stereocenters. The smallest absolute Gasteiger partial charge is 0.355 e. The Morgan fingerprint density at radius 1 is 0.872 bits per heavy atom. The number of amides is 2. The van der Waals surface area contributed by atoms with Crippen LogP contribution in [0, 0.1) is 0 Å². The molecule has 11 heteroatoms. The zero-order valence-corrected chi connectivity index (χ0v) is 27.9. The van der Waals surface area contributed by atoms with Gasteiger partial charge in [-0.15, -0.1) is 11.8 Å². The maximum Gasteiger partial charge on any atom is 0.355 e. The van der Waals surface area contributed by atoms with Crippen LogP contribution in [0.15, 0.2) is 119 Å². The Balaban J connectivity index is 1.39. The highest BCUT2D eigenvalue weighted by molar-refractivity contribution is 7.98. The molecule has 1 aromatic heterocycles. The Bertz CT molecular complexity index is 1920. The van der Waals surface area contributed by atoms with Crippen LogP contribution in [0.5, 0.6) is 0 Å². The van der Waals surface area contributed by atoms with Crippen molar-refractivity contribution in [2.45, 2.75) is 48.7 Å². The molecule has 0 aliphatic rings. The molecule has 5 aromatic rings. The van der Waals surface area contributed by atoms with E-state index in [9.17, 15) is 23.1 Å². The number of thioether (sulfide) groups is 1. The number of urea groups is 1. The van der Waals surface area contributed by atoms with Crippen LogP contribution < -0.4 is 10.0 Å². The SMILES string of the molecule is CCC(C)c1nc(SC)c(C(=O)O)n1Cc1ccc(-c2ccccc2S(=O)(=O)NC(=O)NC(c2ccccc2)c2ccccc2)cc1. The number of carboxylic acids is 1. The lowest BCUT2D eigenvalue weighted by Crippen LogP contribution is -2.41. The van der Waals surface area contributed by atoms with Crippen LogP contribution >= 0.6 is 11.8 Å². The van der Waals surface area contributed by atoms with Gasteiger partial charge in [-0.05, 0) is 41.0 Å². The van der Waals surface area contributed by atoms with Crippen molar-refractivity contribution in [2.75, 3.05) is 6.26 Å². The minimum Gasteiger partial charge on any atom is -0.476 e. The number of imidazole rings is 1. The number of aromatic nitrogens is 2. The molecule has 0 radical (unpaired) electrons. The Labute approximate surface area is 279 Å². The number of aromatic carboxylic acids is 1. The first kappa shape index (κ1) is 33.5. The summed E-state index contributed by atoms with van der Waals surface area (Å²) in [5.74, 6) is -0.269. The van der Waals surface area contributed by atoms with Crippen LogP contribution in [0.4, 0.5) is 4.79 Å². The average Bonchev–Trinajstić information content (AvgIpc) is 3.46. The van der Waals surface area contributed by atoms with Crippen molar-refractivity contribution in [2.24, 2.45) is 0 Å². The zero-order valence-electron chi connectivity index (χ0n) is 26.3. The summed E-state index contributed by atoms with van der Waals surface area (Å²) in [6.45, 7) is 4.35. The number of rotatable bonds is 12. The summed E-state index contributed by atoms with van der Waals surface area (Å²) in [6.07, 6.45) is 2.61. The first-order valence-corrected chi connectivity index (χ1v) is 17.8. The lowest BCUT2D eigenvalue weighted by atomic mass is 9.99. The third kappa shape index (κ3) is 7.58. The van der Waals surface area contributed by atoms with Crippen molar-refractivity contribution in [3.63, 3.8) is 0 Å². The molecule has 0 saturated carbocycles. The normalized spacial score (nSPS) is 12.1. The van der Waals surface area contributed by atoms with Crippen LogP contribution in [-0.4, -0.2) is 41.3 Å². The van der Waals surface area contributed by atoms with Gasteiger partial charge >= 0.3 is 12.0 Å². The molecule has 9 nitrogen and oxygen atoms in total. The standard InChI is InChI=1S/C36H36N4O5S2/c1-4-24(2)33-38-34(46-3)32(35(41)42)40(33)23-25-19-21-26(22-20-25)29-17-11-12-18-30(29)47(44,45)39-36(43)37-31(27-13-7-5-8-14-27)28-15-9-6-10-16-28/h5-22,24,31H,4,23H2,1-3H3,(H,41,42)(H2,37,39,43). The molecule has 1 unspecified atom stereocenters. The molecule has 0 spiro atoms. The second kappa shape index (κ2) is 14.7. The van der Waals surface area contributed by atoms with Gasteiger partial charge in [-0.3, -0.25) is 0 Å². The van der Waals surface area contributed by atoms with Crippen molar-refractivity contribution in [1.82, 2.24) is 19.6 Å². The summed E-state index contributed by atoms with van der Waals surface area (Å²) in [5, 5.41) is 13.3. The number of nitrogens with zero attached hydrogens (tertiary/aromatic N) is 2. The minimum atomic E-state index is -4.28. The highest BCUT2D eigenvalue weighted by Gasteiger charge is 2.26. The molecule has 1 heterocycles. The van der Waals surface area contributed by atoms with E-state index in [1.165, 1.54) is 17.8 Å².